The first-order valence-electron chi connectivity index (χ1n) is 6.61. The fourth-order valence-electron chi connectivity index (χ4n) is 1.94. The van der Waals surface area contributed by atoms with Gasteiger partial charge < -0.3 is 20.3 Å². The largest absolute Gasteiger partial charge is 0.383 e. The van der Waals surface area contributed by atoms with Crippen LogP contribution in [0.5, 0.6) is 0 Å². The number of hydrogen-bond acceptors (Lipinski definition) is 5. The van der Waals surface area contributed by atoms with E-state index in [4.69, 9.17) is 4.74 Å². The number of benzene rings is 1. The molecule has 5 nitrogen and oxygen atoms in total. The van der Waals surface area contributed by atoms with Crippen molar-refractivity contribution in [3.05, 3.63) is 29.8 Å². The monoisotopic (exact) mass is 390 g/mol. The molecule has 1 heterocycles. The Bertz CT molecular complexity index is 422. The van der Waals surface area contributed by atoms with Gasteiger partial charge in [-0.2, -0.15) is 0 Å². The number of nitrogens with one attached hydrogen (secondary N) is 2. The van der Waals surface area contributed by atoms with Crippen molar-refractivity contribution in [1.29, 1.82) is 0 Å². The van der Waals surface area contributed by atoms with E-state index in [-0.39, 0.29) is 24.0 Å². The van der Waals surface area contributed by atoms with Crippen LogP contribution in [0.3, 0.4) is 0 Å². The van der Waals surface area contributed by atoms with Crippen molar-refractivity contribution in [1.82, 2.24) is 10.2 Å². The lowest BCUT2D eigenvalue weighted by atomic mass is 10.2. The zero-order valence-electron chi connectivity index (χ0n) is 12.1. The van der Waals surface area contributed by atoms with Crippen LogP contribution in [-0.2, 0) is 11.3 Å². The van der Waals surface area contributed by atoms with Crippen molar-refractivity contribution in [3.8, 4) is 0 Å². The highest BCUT2D eigenvalue weighted by atomic mass is 127. The van der Waals surface area contributed by atoms with Crippen LogP contribution in [0.4, 0.5) is 5.69 Å². The summed E-state index contributed by atoms with van der Waals surface area (Å²) in [4.78, 5) is 6.54. The van der Waals surface area contributed by atoms with Crippen molar-refractivity contribution in [3.63, 3.8) is 0 Å². The van der Waals surface area contributed by atoms with E-state index in [1.165, 1.54) is 5.56 Å². The molecule has 1 aliphatic rings. The van der Waals surface area contributed by atoms with E-state index in [1.54, 1.807) is 7.11 Å². The van der Waals surface area contributed by atoms with Crippen LogP contribution < -0.4 is 10.6 Å². The molecule has 0 aromatic heterocycles. The molecule has 2 N–H and O–H groups in total. The molecule has 20 heavy (non-hydrogen) atoms. The molecular formula is C14H23IN4O. The third-order valence-corrected chi connectivity index (χ3v) is 3.10. The summed E-state index contributed by atoms with van der Waals surface area (Å²) in [5, 5.41) is 6.65. The SMILES string of the molecule is COCCNc1ccc(CNC2=NCCN2C)cc1.I. The third kappa shape index (κ3) is 5.16. The Morgan fingerprint density at radius 3 is 2.60 bits per heavy atom. The van der Waals surface area contributed by atoms with Gasteiger partial charge in [0, 0.05) is 39.5 Å². The molecule has 0 bridgehead atoms. The van der Waals surface area contributed by atoms with E-state index < -0.39 is 0 Å². The maximum Gasteiger partial charge on any atom is 0.194 e. The number of ether oxygens (including phenoxy) is 1. The molecule has 0 saturated carbocycles. The standard InChI is InChI=1S/C14H22N4O.HI/c1-18-9-7-16-14(18)17-11-12-3-5-13(6-4-12)15-8-10-19-2;/h3-6,15H,7-11H2,1-2H3,(H,16,17);1H. The van der Waals surface area contributed by atoms with Gasteiger partial charge in [-0.05, 0) is 17.7 Å². The van der Waals surface area contributed by atoms with Crippen molar-refractivity contribution in [2.75, 3.05) is 45.7 Å². The van der Waals surface area contributed by atoms with Crippen LogP contribution in [-0.4, -0.2) is 51.3 Å². The second-order valence-electron chi connectivity index (χ2n) is 4.60. The van der Waals surface area contributed by atoms with Gasteiger partial charge in [-0.1, -0.05) is 12.1 Å². The van der Waals surface area contributed by atoms with Crippen molar-refractivity contribution >= 4 is 35.6 Å². The summed E-state index contributed by atoms with van der Waals surface area (Å²) in [5.41, 5.74) is 2.37. The van der Waals surface area contributed by atoms with Gasteiger partial charge in [-0.15, -0.1) is 24.0 Å². The van der Waals surface area contributed by atoms with Gasteiger partial charge in [0.15, 0.2) is 5.96 Å². The first kappa shape index (κ1) is 17.0. The summed E-state index contributed by atoms with van der Waals surface area (Å²) in [5.74, 6) is 0.988. The lowest BCUT2D eigenvalue weighted by Crippen LogP contribution is -2.35. The number of anilines is 1. The van der Waals surface area contributed by atoms with E-state index >= 15 is 0 Å². The zero-order chi connectivity index (χ0) is 13.5. The number of aliphatic imine (C=N–C) groups is 1. The fourth-order valence-corrected chi connectivity index (χ4v) is 1.94. The molecule has 0 aliphatic carbocycles. The van der Waals surface area contributed by atoms with Gasteiger partial charge in [0.2, 0.25) is 0 Å². The Morgan fingerprint density at radius 2 is 2.00 bits per heavy atom. The highest BCUT2D eigenvalue weighted by molar-refractivity contribution is 14.0. The maximum atomic E-state index is 5.00. The molecule has 0 radical (unpaired) electrons. The first-order chi connectivity index (χ1) is 9.29. The molecule has 1 aromatic rings. The molecule has 0 spiro atoms. The second kappa shape index (κ2) is 9.02. The zero-order valence-corrected chi connectivity index (χ0v) is 14.4. The Morgan fingerprint density at radius 1 is 1.25 bits per heavy atom. The molecule has 0 amide bonds. The van der Waals surface area contributed by atoms with Crippen LogP contribution in [0.25, 0.3) is 0 Å². The van der Waals surface area contributed by atoms with Crippen LogP contribution in [0.2, 0.25) is 0 Å². The van der Waals surface area contributed by atoms with Crippen molar-refractivity contribution in [2.45, 2.75) is 6.54 Å². The van der Waals surface area contributed by atoms with Crippen LogP contribution in [0, 0.1) is 0 Å². The minimum Gasteiger partial charge on any atom is -0.383 e. The van der Waals surface area contributed by atoms with Crippen molar-refractivity contribution < 1.29 is 4.74 Å². The number of likely N-dealkylation sites (N-methyl/N-ethyl adjacent to an activating group) is 1. The molecule has 0 saturated heterocycles. The maximum absolute atomic E-state index is 5.00. The number of rotatable bonds is 6. The van der Waals surface area contributed by atoms with Crippen LogP contribution in [0.15, 0.2) is 29.3 Å². The molecular weight excluding hydrogens is 367 g/mol. The van der Waals surface area contributed by atoms with Gasteiger partial charge in [0.05, 0.1) is 13.2 Å². The van der Waals surface area contributed by atoms with E-state index in [2.05, 4.69) is 51.8 Å². The highest BCUT2D eigenvalue weighted by Crippen LogP contribution is 2.09. The first-order valence-corrected chi connectivity index (χ1v) is 6.61. The normalized spacial score (nSPS) is 13.7. The predicted octanol–water partition coefficient (Wildman–Crippen LogP) is 1.75. The molecule has 112 valence electrons. The van der Waals surface area contributed by atoms with E-state index in [1.807, 2.05) is 0 Å². The topological polar surface area (TPSA) is 48.9 Å². The van der Waals surface area contributed by atoms with Gasteiger partial charge in [0.25, 0.3) is 0 Å². The molecule has 0 unspecified atom stereocenters. The van der Waals surface area contributed by atoms with Gasteiger partial charge in [-0.3, -0.25) is 4.99 Å². The summed E-state index contributed by atoms with van der Waals surface area (Å²) < 4.78 is 5.00. The number of hydrogen-bond donors (Lipinski definition) is 2. The lowest BCUT2D eigenvalue weighted by molar-refractivity contribution is 0.211. The molecule has 1 aromatic carbocycles. The van der Waals surface area contributed by atoms with Crippen LogP contribution >= 0.6 is 24.0 Å². The fraction of sp³-hybridized carbons (Fsp3) is 0.500. The smallest absolute Gasteiger partial charge is 0.194 e. The lowest BCUT2D eigenvalue weighted by Gasteiger charge is -2.15. The van der Waals surface area contributed by atoms with E-state index in [0.717, 1.165) is 44.4 Å². The highest BCUT2D eigenvalue weighted by Gasteiger charge is 2.10. The minimum absolute atomic E-state index is 0. The molecule has 2 rings (SSSR count). The summed E-state index contributed by atoms with van der Waals surface area (Å²) in [7, 11) is 3.76. The van der Waals surface area contributed by atoms with E-state index in [9.17, 15) is 0 Å². The predicted molar refractivity (Wildman–Crippen MR) is 94.0 cm³/mol. The molecule has 0 atom stereocenters. The Labute approximate surface area is 137 Å². The third-order valence-electron chi connectivity index (χ3n) is 3.10. The Hall–Kier alpha value is -1.02. The summed E-state index contributed by atoms with van der Waals surface area (Å²) >= 11 is 0. The van der Waals surface area contributed by atoms with Gasteiger partial charge >= 0.3 is 0 Å². The summed E-state index contributed by atoms with van der Waals surface area (Å²) in [6, 6.07) is 8.43. The number of methoxy groups -OCH3 is 1. The van der Waals surface area contributed by atoms with Crippen molar-refractivity contribution in [2.24, 2.45) is 4.99 Å². The quantitative estimate of drug-likeness (QED) is 0.574. The van der Waals surface area contributed by atoms with Gasteiger partial charge in [0.1, 0.15) is 0 Å². The summed E-state index contributed by atoms with van der Waals surface area (Å²) in [6.07, 6.45) is 0. The van der Waals surface area contributed by atoms with Gasteiger partial charge in [-0.25, -0.2) is 0 Å². The molecule has 6 heteroatoms. The number of nitrogens with zero attached hydrogens (tertiary/aromatic N) is 2. The number of guanidine groups is 1. The molecule has 1 aliphatic heterocycles. The van der Waals surface area contributed by atoms with Crippen LogP contribution in [0.1, 0.15) is 5.56 Å². The summed E-state index contributed by atoms with van der Waals surface area (Å²) in [6.45, 7) is 4.25. The average Bonchev–Trinajstić information content (AvgIpc) is 2.84. The Kier molecular flexibility index (Phi) is 7.68. The minimum atomic E-state index is 0. The van der Waals surface area contributed by atoms with E-state index in [0.29, 0.717) is 0 Å². The second-order valence-corrected chi connectivity index (χ2v) is 4.60. The average molecular weight is 390 g/mol. The number of halogens is 1. The molecule has 0 fully saturated rings. The Balaban J connectivity index is 0.00000200.